The van der Waals surface area contributed by atoms with Crippen LogP contribution in [0.4, 0.5) is 0 Å². The number of alkyl halides is 1. The molecule has 0 amide bonds. The fraction of sp³-hybridized carbons (Fsp3) is 0.429. The number of hydrogen-bond donors (Lipinski definition) is 4. The Balaban J connectivity index is 1.94. The van der Waals surface area contributed by atoms with Crippen LogP contribution in [-0.2, 0) is 19.7 Å². The predicted octanol–water partition coefficient (Wildman–Crippen LogP) is 2.62. The van der Waals surface area contributed by atoms with E-state index in [1.54, 1.807) is 18.2 Å². The Bertz CT molecular complexity index is 828. The largest absolute Gasteiger partial charge is 0.512 e. The fourth-order valence-corrected chi connectivity index (χ4v) is 3.69. The highest BCUT2D eigenvalue weighted by Crippen LogP contribution is 2.37. The Labute approximate surface area is 188 Å². The first-order valence-corrected chi connectivity index (χ1v) is 10.5. The number of benzene rings is 1. The number of carboxylic acids is 1. The van der Waals surface area contributed by atoms with Gasteiger partial charge in [0.1, 0.15) is 24.6 Å². The normalized spacial score (nSPS) is 17.2. The van der Waals surface area contributed by atoms with Gasteiger partial charge in [-0.05, 0) is 52.8 Å². The summed E-state index contributed by atoms with van der Waals surface area (Å²) in [6.07, 6.45) is 2.15. The second-order valence-electron chi connectivity index (χ2n) is 7.43. The van der Waals surface area contributed by atoms with Crippen molar-refractivity contribution in [3.8, 4) is 5.75 Å². The van der Waals surface area contributed by atoms with Gasteiger partial charge in [-0.2, -0.15) is 0 Å². The van der Waals surface area contributed by atoms with E-state index in [0.717, 1.165) is 12.0 Å². The first kappa shape index (κ1) is 24.2. The highest BCUT2D eigenvalue weighted by Gasteiger charge is 2.30. The van der Waals surface area contributed by atoms with Crippen LogP contribution >= 0.6 is 22.6 Å². The van der Waals surface area contributed by atoms with E-state index in [9.17, 15) is 24.9 Å². The minimum atomic E-state index is -1.78. The molecule has 0 saturated carbocycles. The van der Waals surface area contributed by atoms with Crippen LogP contribution < -0.4 is 4.74 Å². The van der Waals surface area contributed by atoms with E-state index < -0.39 is 28.3 Å². The summed E-state index contributed by atoms with van der Waals surface area (Å²) in [4.78, 5) is 21.5. The minimum Gasteiger partial charge on any atom is -0.512 e. The summed E-state index contributed by atoms with van der Waals surface area (Å²) in [5, 5.41) is 38.1. The lowest BCUT2D eigenvalue weighted by Gasteiger charge is -2.30. The minimum absolute atomic E-state index is 0.228. The van der Waals surface area contributed by atoms with Crippen LogP contribution in [0, 0.1) is 0 Å². The van der Waals surface area contributed by atoms with E-state index in [1.165, 1.54) is 28.2 Å². The van der Waals surface area contributed by atoms with Gasteiger partial charge in [0.05, 0.1) is 5.76 Å². The molecule has 164 valence electrons. The zero-order chi connectivity index (χ0) is 22.5. The zero-order valence-corrected chi connectivity index (χ0v) is 18.8. The van der Waals surface area contributed by atoms with Gasteiger partial charge in [-0.3, -0.25) is 0 Å². The van der Waals surface area contributed by atoms with Crippen LogP contribution in [0.25, 0.3) is 0 Å². The van der Waals surface area contributed by atoms with Crippen molar-refractivity contribution >= 4 is 34.5 Å². The maximum atomic E-state index is 11.0. The molecular formula is C21H25IO8. The van der Waals surface area contributed by atoms with Crippen LogP contribution in [0.3, 0.4) is 0 Å². The summed E-state index contributed by atoms with van der Waals surface area (Å²) < 4.78 is 8.77. The van der Waals surface area contributed by atoms with Crippen molar-refractivity contribution in [1.82, 2.24) is 0 Å². The fourth-order valence-electron chi connectivity index (χ4n) is 2.98. The molecule has 0 saturated heterocycles. The van der Waals surface area contributed by atoms with Gasteiger partial charge in [0.25, 0.3) is 0 Å². The topological polar surface area (TPSA) is 134 Å². The molecule has 0 spiro atoms. The van der Waals surface area contributed by atoms with E-state index in [-0.39, 0.29) is 12.0 Å². The standard InChI is InChI=1S/C21H25IO8/c1-21(2,12-3-7-14(23)8-4-12)13-5-9-15(10-6-13)29-11-16(24)17(25)18(22)30-20(28)19(26)27/h3,5-7,9-10,16-18,23-25H,4,8,11H2,1-2H3,(H,26,27). The average Bonchev–Trinajstić information content (AvgIpc) is 2.71. The molecule has 3 atom stereocenters. The molecule has 0 aliphatic heterocycles. The lowest BCUT2D eigenvalue weighted by Crippen LogP contribution is -2.40. The van der Waals surface area contributed by atoms with Crippen molar-refractivity contribution in [2.45, 2.75) is 48.4 Å². The Kier molecular flexibility index (Phi) is 8.27. The third kappa shape index (κ3) is 6.19. The Hall–Kier alpha value is -2.11. The summed E-state index contributed by atoms with van der Waals surface area (Å²) in [5.74, 6) is -2.44. The molecule has 0 bridgehead atoms. The maximum Gasteiger partial charge on any atom is 0.418 e. The van der Waals surface area contributed by atoms with Gasteiger partial charge < -0.3 is 29.9 Å². The van der Waals surface area contributed by atoms with E-state index in [4.69, 9.17) is 9.84 Å². The molecule has 2 rings (SSSR count). The van der Waals surface area contributed by atoms with E-state index >= 15 is 0 Å². The molecule has 1 aromatic rings. The molecule has 30 heavy (non-hydrogen) atoms. The first-order chi connectivity index (χ1) is 14.0. The smallest absolute Gasteiger partial charge is 0.418 e. The monoisotopic (exact) mass is 532 g/mol. The quantitative estimate of drug-likeness (QED) is 0.174. The molecule has 0 radical (unpaired) electrons. The lowest BCUT2D eigenvalue weighted by molar-refractivity contribution is -0.168. The Morgan fingerprint density at radius 2 is 1.77 bits per heavy atom. The molecule has 0 aromatic heterocycles. The maximum absolute atomic E-state index is 11.0. The van der Waals surface area contributed by atoms with E-state index in [0.29, 0.717) is 17.9 Å². The second kappa shape index (κ2) is 10.3. The van der Waals surface area contributed by atoms with Crippen molar-refractivity contribution in [3.05, 3.63) is 53.3 Å². The van der Waals surface area contributed by atoms with Crippen LogP contribution in [0.5, 0.6) is 5.75 Å². The highest BCUT2D eigenvalue weighted by atomic mass is 127. The van der Waals surface area contributed by atoms with Gasteiger partial charge in [-0.15, -0.1) is 0 Å². The van der Waals surface area contributed by atoms with Crippen LogP contribution in [-0.4, -0.2) is 55.3 Å². The average molecular weight is 532 g/mol. The number of aliphatic carboxylic acids is 1. The molecule has 8 nitrogen and oxygen atoms in total. The number of aliphatic hydroxyl groups is 3. The number of rotatable bonds is 8. The van der Waals surface area contributed by atoms with Gasteiger partial charge in [0.2, 0.25) is 0 Å². The number of halogens is 1. The Morgan fingerprint density at radius 3 is 2.30 bits per heavy atom. The molecule has 4 N–H and O–H groups in total. The predicted molar refractivity (Wildman–Crippen MR) is 117 cm³/mol. The third-order valence-corrected chi connectivity index (χ3v) is 5.98. The van der Waals surface area contributed by atoms with Gasteiger partial charge in [0, 0.05) is 11.8 Å². The number of aliphatic hydroxyl groups excluding tert-OH is 3. The van der Waals surface area contributed by atoms with E-state index in [1.807, 2.05) is 18.2 Å². The van der Waals surface area contributed by atoms with Crippen molar-refractivity contribution in [2.24, 2.45) is 0 Å². The molecule has 0 fully saturated rings. The summed E-state index contributed by atoms with van der Waals surface area (Å²) in [7, 11) is 0. The van der Waals surface area contributed by atoms with Gasteiger partial charge in [-0.25, -0.2) is 9.59 Å². The number of carbonyl (C=O) groups is 2. The van der Waals surface area contributed by atoms with Gasteiger partial charge in [0.15, 0.2) is 4.11 Å². The Morgan fingerprint density at radius 1 is 1.13 bits per heavy atom. The van der Waals surface area contributed by atoms with Gasteiger partial charge in [-0.1, -0.05) is 37.6 Å². The van der Waals surface area contributed by atoms with E-state index in [2.05, 4.69) is 18.6 Å². The summed E-state index contributed by atoms with van der Waals surface area (Å²) in [6.45, 7) is 3.93. The molecule has 1 aliphatic carbocycles. The summed E-state index contributed by atoms with van der Waals surface area (Å²) in [5.41, 5.74) is 2.04. The summed E-state index contributed by atoms with van der Waals surface area (Å²) >= 11 is 1.52. The number of carboxylic acid groups (broad SMARTS) is 1. The van der Waals surface area contributed by atoms with Crippen LogP contribution in [0.15, 0.2) is 47.7 Å². The number of hydrogen-bond acceptors (Lipinski definition) is 7. The SMILES string of the molecule is CC(C)(C1=CC=C(O)CC1)c1ccc(OCC(O)C(O)C(I)OC(=O)C(=O)O)cc1. The third-order valence-electron chi connectivity index (χ3n) is 4.98. The van der Waals surface area contributed by atoms with Crippen molar-refractivity contribution in [3.63, 3.8) is 0 Å². The van der Waals surface area contributed by atoms with Crippen LogP contribution in [0.1, 0.15) is 32.3 Å². The molecule has 1 aliphatic rings. The van der Waals surface area contributed by atoms with Crippen LogP contribution in [0.2, 0.25) is 0 Å². The zero-order valence-electron chi connectivity index (χ0n) is 16.6. The lowest BCUT2D eigenvalue weighted by atomic mass is 9.74. The number of allylic oxidation sites excluding steroid dienone is 4. The molecule has 9 heteroatoms. The molecule has 0 heterocycles. The van der Waals surface area contributed by atoms with Crippen molar-refractivity contribution in [1.29, 1.82) is 0 Å². The van der Waals surface area contributed by atoms with Crippen molar-refractivity contribution < 1.29 is 39.5 Å². The highest BCUT2D eigenvalue weighted by molar-refractivity contribution is 14.1. The number of carbonyl (C=O) groups excluding carboxylic acids is 1. The van der Waals surface area contributed by atoms with Gasteiger partial charge >= 0.3 is 11.9 Å². The molecule has 3 unspecified atom stereocenters. The molecular weight excluding hydrogens is 507 g/mol. The number of esters is 1. The second-order valence-corrected chi connectivity index (χ2v) is 8.66. The first-order valence-electron chi connectivity index (χ1n) is 9.29. The summed E-state index contributed by atoms with van der Waals surface area (Å²) in [6, 6.07) is 7.32. The molecule has 1 aromatic carbocycles. The number of ether oxygens (including phenoxy) is 2. The van der Waals surface area contributed by atoms with Crippen molar-refractivity contribution in [2.75, 3.05) is 6.61 Å².